The van der Waals surface area contributed by atoms with E-state index in [0.717, 1.165) is 0 Å². The van der Waals surface area contributed by atoms with Crippen LogP contribution in [-0.2, 0) is 0 Å². The summed E-state index contributed by atoms with van der Waals surface area (Å²) in [5, 5.41) is 10.8. The predicted molar refractivity (Wildman–Crippen MR) is 74.3 cm³/mol. The molecule has 0 aliphatic rings. The summed E-state index contributed by atoms with van der Waals surface area (Å²) in [6, 6.07) is 9.58. The van der Waals surface area contributed by atoms with Crippen LogP contribution in [0.1, 0.15) is 16.1 Å². The molecule has 5 nitrogen and oxygen atoms in total. The Bertz CT molecular complexity index is 669. The van der Waals surface area contributed by atoms with Gasteiger partial charge in [0.15, 0.2) is 5.76 Å². The zero-order valence-corrected chi connectivity index (χ0v) is 10.4. The number of nitrogens with zero attached hydrogens (tertiary/aromatic N) is 1. The lowest BCUT2D eigenvalue weighted by molar-refractivity contribution is -0.385. The second kappa shape index (κ2) is 6.29. The Morgan fingerprint density at radius 3 is 2.65 bits per heavy atom. The molecule has 0 radical (unpaired) electrons. The van der Waals surface area contributed by atoms with E-state index in [2.05, 4.69) is 0 Å². The first-order valence-corrected chi connectivity index (χ1v) is 5.84. The summed E-state index contributed by atoms with van der Waals surface area (Å²) < 4.78 is 4.95. The van der Waals surface area contributed by atoms with Crippen molar-refractivity contribution in [2.24, 2.45) is 0 Å². The highest BCUT2D eigenvalue weighted by molar-refractivity contribution is 6.02. The summed E-state index contributed by atoms with van der Waals surface area (Å²) in [5.41, 5.74) is 0.502. The van der Waals surface area contributed by atoms with Gasteiger partial charge in [0.05, 0.1) is 16.7 Å². The quantitative estimate of drug-likeness (QED) is 0.273. The van der Waals surface area contributed by atoms with Crippen molar-refractivity contribution < 1.29 is 14.1 Å². The first-order valence-electron chi connectivity index (χ1n) is 5.84. The lowest BCUT2D eigenvalue weighted by Gasteiger charge is -1.95. The number of nitro benzene ring substituents is 1. The Morgan fingerprint density at radius 1 is 1.15 bits per heavy atom. The third-order valence-electron chi connectivity index (χ3n) is 2.53. The number of benzene rings is 1. The van der Waals surface area contributed by atoms with Gasteiger partial charge in [0.1, 0.15) is 0 Å². The van der Waals surface area contributed by atoms with Crippen molar-refractivity contribution in [3.8, 4) is 0 Å². The Balaban J connectivity index is 2.07. The summed E-state index contributed by atoms with van der Waals surface area (Å²) >= 11 is 0. The van der Waals surface area contributed by atoms with Gasteiger partial charge in [-0.3, -0.25) is 14.9 Å². The van der Waals surface area contributed by atoms with Gasteiger partial charge in [-0.1, -0.05) is 24.3 Å². The minimum Gasteiger partial charge on any atom is -0.461 e. The molecule has 0 bridgehead atoms. The molecule has 100 valence electrons. The van der Waals surface area contributed by atoms with Crippen LogP contribution in [0.4, 0.5) is 5.69 Å². The largest absolute Gasteiger partial charge is 0.461 e. The van der Waals surface area contributed by atoms with E-state index in [9.17, 15) is 14.9 Å². The van der Waals surface area contributed by atoms with Crippen molar-refractivity contribution >= 4 is 17.5 Å². The molecule has 0 amide bonds. The van der Waals surface area contributed by atoms with Gasteiger partial charge < -0.3 is 4.42 Å². The Morgan fingerprint density at radius 2 is 1.95 bits per heavy atom. The lowest BCUT2D eigenvalue weighted by Crippen LogP contribution is -1.90. The first-order chi connectivity index (χ1) is 9.68. The zero-order valence-electron chi connectivity index (χ0n) is 10.4. The van der Waals surface area contributed by atoms with Crippen LogP contribution < -0.4 is 0 Å². The van der Waals surface area contributed by atoms with Crippen molar-refractivity contribution in [2.75, 3.05) is 0 Å². The second-order valence-electron chi connectivity index (χ2n) is 3.88. The fourth-order valence-corrected chi connectivity index (χ4v) is 1.60. The van der Waals surface area contributed by atoms with E-state index in [1.54, 1.807) is 42.5 Å². The molecule has 1 aromatic heterocycles. The minimum absolute atomic E-state index is 0.0227. The van der Waals surface area contributed by atoms with E-state index in [1.807, 2.05) is 0 Å². The molecule has 0 aliphatic carbocycles. The molecule has 0 unspecified atom stereocenters. The average Bonchev–Trinajstić information content (AvgIpc) is 2.98. The molecule has 0 saturated heterocycles. The van der Waals surface area contributed by atoms with E-state index < -0.39 is 4.92 Å². The number of furan rings is 1. The summed E-state index contributed by atoms with van der Waals surface area (Å²) in [4.78, 5) is 21.9. The van der Waals surface area contributed by atoms with Gasteiger partial charge in [-0.25, -0.2) is 0 Å². The molecular weight excluding hydrogens is 258 g/mol. The lowest BCUT2D eigenvalue weighted by atomic mass is 10.1. The van der Waals surface area contributed by atoms with Gasteiger partial charge in [-0.2, -0.15) is 0 Å². The fourth-order valence-electron chi connectivity index (χ4n) is 1.60. The first kappa shape index (κ1) is 13.5. The highest BCUT2D eigenvalue weighted by Crippen LogP contribution is 2.18. The SMILES string of the molecule is O=C(/C=C/C=C/c1ccccc1[N+](=O)[O-])c1ccco1. The van der Waals surface area contributed by atoms with Gasteiger partial charge in [-0.05, 0) is 30.4 Å². The molecule has 0 N–H and O–H groups in total. The maximum Gasteiger partial charge on any atom is 0.276 e. The van der Waals surface area contributed by atoms with Gasteiger partial charge in [0.25, 0.3) is 5.69 Å². The molecule has 0 aliphatic heterocycles. The summed E-state index contributed by atoms with van der Waals surface area (Å²) in [6.07, 6.45) is 7.42. The van der Waals surface area contributed by atoms with Gasteiger partial charge in [0, 0.05) is 6.07 Å². The summed E-state index contributed by atoms with van der Waals surface area (Å²) in [6.45, 7) is 0. The van der Waals surface area contributed by atoms with Crippen molar-refractivity contribution in [3.63, 3.8) is 0 Å². The molecular formula is C15H11NO4. The number of carbonyl (C=O) groups is 1. The molecule has 20 heavy (non-hydrogen) atoms. The van der Waals surface area contributed by atoms with Crippen LogP contribution in [0.3, 0.4) is 0 Å². The molecule has 2 rings (SSSR count). The van der Waals surface area contributed by atoms with Crippen LogP contribution in [0.5, 0.6) is 0 Å². The number of ketones is 1. The van der Waals surface area contributed by atoms with Crippen LogP contribution in [0.2, 0.25) is 0 Å². The van der Waals surface area contributed by atoms with Crippen LogP contribution in [0, 0.1) is 10.1 Å². The zero-order chi connectivity index (χ0) is 14.4. The maximum absolute atomic E-state index is 11.6. The third kappa shape index (κ3) is 3.29. The second-order valence-corrected chi connectivity index (χ2v) is 3.88. The summed E-state index contributed by atoms with van der Waals surface area (Å²) in [7, 11) is 0. The number of rotatable bonds is 5. The van der Waals surface area contributed by atoms with Crippen LogP contribution >= 0.6 is 0 Å². The minimum atomic E-state index is -0.447. The standard InChI is InChI=1S/C15H11NO4/c17-14(15-10-5-11-20-15)9-4-2-7-12-6-1-3-8-13(12)16(18)19/h1-11H/b7-2+,9-4+. The van der Waals surface area contributed by atoms with Crippen molar-refractivity contribution in [3.05, 3.63) is 82.3 Å². The predicted octanol–water partition coefficient (Wildman–Crippen LogP) is 3.64. The van der Waals surface area contributed by atoms with Crippen molar-refractivity contribution in [2.45, 2.75) is 0 Å². The van der Waals surface area contributed by atoms with Gasteiger partial charge in [-0.15, -0.1) is 0 Å². The molecule has 2 aromatic rings. The average molecular weight is 269 g/mol. The van der Waals surface area contributed by atoms with Gasteiger partial charge >= 0.3 is 0 Å². The molecule has 1 heterocycles. The van der Waals surface area contributed by atoms with E-state index in [1.165, 1.54) is 24.5 Å². The van der Waals surface area contributed by atoms with Gasteiger partial charge in [0.2, 0.25) is 5.78 Å². The number of carbonyl (C=O) groups excluding carboxylic acids is 1. The molecule has 5 heteroatoms. The van der Waals surface area contributed by atoms with Crippen LogP contribution in [0.25, 0.3) is 6.08 Å². The molecule has 0 spiro atoms. The molecule has 0 saturated carbocycles. The van der Waals surface area contributed by atoms with E-state index in [-0.39, 0.29) is 17.2 Å². The Kier molecular flexibility index (Phi) is 4.24. The molecule has 0 atom stereocenters. The molecule has 1 aromatic carbocycles. The topological polar surface area (TPSA) is 73.3 Å². The van der Waals surface area contributed by atoms with E-state index in [0.29, 0.717) is 5.56 Å². The monoisotopic (exact) mass is 269 g/mol. The fraction of sp³-hybridized carbons (Fsp3) is 0. The number of nitro groups is 1. The Hall–Kier alpha value is -2.95. The number of hydrogen-bond acceptors (Lipinski definition) is 4. The smallest absolute Gasteiger partial charge is 0.276 e. The summed E-state index contributed by atoms with van der Waals surface area (Å²) in [5.74, 6) is -0.0115. The highest BCUT2D eigenvalue weighted by atomic mass is 16.6. The van der Waals surface area contributed by atoms with Crippen LogP contribution in [-0.4, -0.2) is 10.7 Å². The van der Waals surface area contributed by atoms with Crippen molar-refractivity contribution in [1.29, 1.82) is 0 Å². The number of allylic oxidation sites excluding steroid dienone is 3. The number of para-hydroxylation sites is 1. The normalized spacial score (nSPS) is 11.2. The van der Waals surface area contributed by atoms with E-state index >= 15 is 0 Å². The molecule has 0 fully saturated rings. The van der Waals surface area contributed by atoms with Crippen LogP contribution in [0.15, 0.2) is 65.3 Å². The highest BCUT2D eigenvalue weighted by Gasteiger charge is 2.08. The maximum atomic E-state index is 11.6. The van der Waals surface area contributed by atoms with Crippen molar-refractivity contribution in [1.82, 2.24) is 0 Å². The third-order valence-corrected chi connectivity index (χ3v) is 2.53. The van der Waals surface area contributed by atoms with E-state index in [4.69, 9.17) is 4.42 Å². The number of hydrogen-bond donors (Lipinski definition) is 0. The Labute approximate surface area is 115 Å².